The molecular weight excluding hydrogens is 418 g/mol. The summed E-state index contributed by atoms with van der Waals surface area (Å²) in [5.41, 5.74) is 2.28. The molecule has 176 valence electrons. The van der Waals surface area contributed by atoms with Gasteiger partial charge in [-0.25, -0.2) is 9.78 Å². The van der Waals surface area contributed by atoms with Crippen LogP contribution in [-0.4, -0.2) is 84.9 Å². The van der Waals surface area contributed by atoms with E-state index in [4.69, 9.17) is 14.5 Å². The number of anilines is 1. The number of hydrogen-bond acceptors (Lipinski definition) is 7. The molecule has 5 rings (SSSR count). The summed E-state index contributed by atoms with van der Waals surface area (Å²) in [6.07, 6.45) is 7.08. The van der Waals surface area contributed by atoms with E-state index in [0.29, 0.717) is 18.1 Å². The third-order valence-corrected chi connectivity index (χ3v) is 7.42. The second-order valence-corrected chi connectivity index (χ2v) is 9.43. The van der Waals surface area contributed by atoms with E-state index in [9.17, 15) is 4.79 Å². The fourth-order valence-corrected chi connectivity index (χ4v) is 5.69. The second-order valence-electron chi connectivity index (χ2n) is 9.43. The molecule has 2 aromatic rings. The van der Waals surface area contributed by atoms with Gasteiger partial charge in [0.15, 0.2) is 0 Å². The molecule has 0 radical (unpaired) electrons. The zero-order chi connectivity index (χ0) is 22.8. The molecule has 33 heavy (non-hydrogen) atoms. The van der Waals surface area contributed by atoms with Crippen LogP contribution in [0.15, 0.2) is 36.7 Å². The lowest BCUT2D eigenvalue weighted by molar-refractivity contribution is -0.00294. The van der Waals surface area contributed by atoms with Crippen molar-refractivity contribution in [1.29, 1.82) is 0 Å². The minimum atomic E-state index is -0.155. The van der Waals surface area contributed by atoms with Crippen LogP contribution in [0.5, 0.6) is 5.75 Å². The largest absolute Gasteiger partial charge is 0.495 e. The lowest BCUT2D eigenvalue weighted by atomic mass is 9.78. The zero-order valence-electron chi connectivity index (χ0n) is 19.6. The van der Waals surface area contributed by atoms with Crippen LogP contribution in [0.1, 0.15) is 26.2 Å². The van der Waals surface area contributed by atoms with Gasteiger partial charge in [-0.1, -0.05) is 0 Å². The number of aromatic nitrogens is 2. The molecule has 2 saturated heterocycles. The first-order chi connectivity index (χ1) is 16.1. The third-order valence-electron chi connectivity index (χ3n) is 7.42. The van der Waals surface area contributed by atoms with E-state index in [0.717, 1.165) is 62.1 Å². The van der Waals surface area contributed by atoms with Gasteiger partial charge in [0.05, 0.1) is 25.6 Å². The van der Waals surface area contributed by atoms with Crippen molar-refractivity contribution in [3.05, 3.63) is 36.7 Å². The molecule has 3 aliphatic rings. The van der Waals surface area contributed by atoms with E-state index in [2.05, 4.69) is 20.9 Å². The van der Waals surface area contributed by atoms with Crippen LogP contribution in [0.2, 0.25) is 0 Å². The smallest absolute Gasteiger partial charge is 0.409 e. The Morgan fingerprint density at radius 2 is 1.97 bits per heavy atom. The van der Waals surface area contributed by atoms with Gasteiger partial charge in [-0.2, -0.15) is 0 Å². The number of carbonyl (C=O) groups excluding carboxylic acids is 1. The van der Waals surface area contributed by atoms with E-state index in [1.165, 1.54) is 19.3 Å². The van der Waals surface area contributed by atoms with Gasteiger partial charge in [0.1, 0.15) is 11.6 Å². The summed E-state index contributed by atoms with van der Waals surface area (Å²) in [6, 6.07) is 8.61. The van der Waals surface area contributed by atoms with E-state index in [-0.39, 0.29) is 6.09 Å². The predicted molar refractivity (Wildman–Crippen MR) is 126 cm³/mol. The minimum Gasteiger partial charge on any atom is -0.495 e. The fourth-order valence-electron chi connectivity index (χ4n) is 5.69. The Balaban J connectivity index is 1.18. The van der Waals surface area contributed by atoms with Gasteiger partial charge in [0.25, 0.3) is 0 Å². The van der Waals surface area contributed by atoms with Crippen molar-refractivity contribution in [2.24, 2.45) is 5.41 Å². The van der Waals surface area contributed by atoms with Crippen molar-refractivity contribution in [1.82, 2.24) is 19.8 Å². The second kappa shape index (κ2) is 9.17. The van der Waals surface area contributed by atoms with E-state index in [1.807, 2.05) is 36.2 Å². The van der Waals surface area contributed by atoms with Crippen molar-refractivity contribution in [2.75, 3.05) is 57.9 Å². The SMILES string of the molecule is CCOC(=O)N1CC2(CC[C@@H](N3CCN(c4ncccc4-c4ccc(OC)cn4)CC3)C2)C1. The summed E-state index contributed by atoms with van der Waals surface area (Å²) in [5.74, 6) is 1.76. The topological polar surface area (TPSA) is 71.0 Å². The van der Waals surface area contributed by atoms with Crippen LogP contribution in [-0.2, 0) is 4.74 Å². The number of hydrogen-bond donors (Lipinski definition) is 0. The molecule has 1 spiro atoms. The maximum absolute atomic E-state index is 12.0. The lowest BCUT2D eigenvalue weighted by Gasteiger charge is -2.48. The van der Waals surface area contributed by atoms with Crippen molar-refractivity contribution in [3.8, 4) is 17.0 Å². The lowest BCUT2D eigenvalue weighted by Crippen LogP contribution is -2.58. The molecule has 3 fully saturated rings. The molecule has 8 heteroatoms. The molecular formula is C25H33N5O3. The maximum Gasteiger partial charge on any atom is 0.409 e. The average molecular weight is 452 g/mol. The quantitative estimate of drug-likeness (QED) is 0.691. The summed E-state index contributed by atoms with van der Waals surface area (Å²) in [7, 11) is 1.65. The third kappa shape index (κ3) is 4.36. The average Bonchev–Trinajstić information content (AvgIpc) is 3.30. The molecule has 1 aliphatic carbocycles. The highest BCUT2D eigenvalue weighted by atomic mass is 16.6. The molecule has 1 amide bonds. The van der Waals surface area contributed by atoms with Crippen molar-refractivity contribution >= 4 is 11.9 Å². The zero-order valence-corrected chi connectivity index (χ0v) is 19.6. The van der Waals surface area contributed by atoms with Crippen LogP contribution >= 0.6 is 0 Å². The van der Waals surface area contributed by atoms with Crippen molar-refractivity contribution in [2.45, 2.75) is 32.2 Å². The summed E-state index contributed by atoms with van der Waals surface area (Å²) in [4.78, 5) is 28.1. The number of carbonyl (C=O) groups is 1. The Kier molecular flexibility index (Phi) is 6.10. The number of piperazine rings is 1. The Morgan fingerprint density at radius 3 is 2.67 bits per heavy atom. The van der Waals surface area contributed by atoms with Gasteiger partial charge in [0.2, 0.25) is 0 Å². The van der Waals surface area contributed by atoms with Gasteiger partial charge < -0.3 is 19.3 Å². The molecule has 2 aliphatic heterocycles. The molecule has 2 aromatic heterocycles. The van der Waals surface area contributed by atoms with Crippen LogP contribution in [0.4, 0.5) is 10.6 Å². The Bertz CT molecular complexity index is 968. The maximum atomic E-state index is 12.0. The van der Waals surface area contributed by atoms with Crippen molar-refractivity contribution < 1.29 is 14.3 Å². The number of rotatable bonds is 5. The highest BCUT2D eigenvalue weighted by Gasteiger charge is 2.51. The first kappa shape index (κ1) is 21.9. The Labute approximate surface area is 195 Å². The molecule has 0 unspecified atom stereocenters. The Morgan fingerprint density at radius 1 is 1.15 bits per heavy atom. The van der Waals surface area contributed by atoms with Gasteiger partial charge in [0, 0.05) is 62.5 Å². The van der Waals surface area contributed by atoms with Crippen molar-refractivity contribution in [3.63, 3.8) is 0 Å². The molecule has 4 heterocycles. The van der Waals surface area contributed by atoms with E-state index in [1.54, 1.807) is 13.3 Å². The van der Waals surface area contributed by atoms with Gasteiger partial charge >= 0.3 is 6.09 Å². The molecule has 0 bridgehead atoms. The van der Waals surface area contributed by atoms with Crippen LogP contribution in [0, 0.1) is 5.41 Å². The normalized spacial score (nSPS) is 22.3. The monoisotopic (exact) mass is 451 g/mol. The highest BCUT2D eigenvalue weighted by molar-refractivity contribution is 5.73. The van der Waals surface area contributed by atoms with Crippen LogP contribution in [0.25, 0.3) is 11.3 Å². The first-order valence-corrected chi connectivity index (χ1v) is 12.0. The molecule has 1 saturated carbocycles. The summed E-state index contributed by atoms with van der Waals surface area (Å²) in [5, 5.41) is 0. The van der Waals surface area contributed by atoms with E-state index >= 15 is 0 Å². The molecule has 1 atom stereocenters. The molecule has 8 nitrogen and oxygen atoms in total. The van der Waals surface area contributed by atoms with Gasteiger partial charge in [-0.15, -0.1) is 0 Å². The fraction of sp³-hybridized carbons (Fsp3) is 0.560. The number of amides is 1. The highest BCUT2D eigenvalue weighted by Crippen LogP contribution is 2.47. The predicted octanol–water partition coefficient (Wildman–Crippen LogP) is 3.29. The number of pyridine rings is 2. The van der Waals surface area contributed by atoms with Gasteiger partial charge in [-0.3, -0.25) is 9.88 Å². The Hall–Kier alpha value is -2.87. The van der Waals surface area contributed by atoms with E-state index < -0.39 is 0 Å². The standard InChI is InChI=1S/C25H33N5O3/c1-3-33-24(31)30-17-25(18-30)9-8-19(15-25)28-11-13-29(14-12-28)23-21(5-4-10-26-23)22-7-6-20(32-2)16-27-22/h4-7,10,16,19H,3,8-9,11-15,17-18H2,1-2H3/t19-/m1/s1. The number of methoxy groups -OCH3 is 1. The van der Waals surface area contributed by atoms with Gasteiger partial charge in [-0.05, 0) is 50.5 Å². The first-order valence-electron chi connectivity index (χ1n) is 12.0. The summed E-state index contributed by atoms with van der Waals surface area (Å²) < 4.78 is 10.4. The molecule has 0 aromatic carbocycles. The number of ether oxygens (including phenoxy) is 2. The molecule has 0 N–H and O–H groups in total. The summed E-state index contributed by atoms with van der Waals surface area (Å²) >= 11 is 0. The summed E-state index contributed by atoms with van der Waals surface area (Å²) in [6.45, 7) is 8.00. The van der Waals surface area contributed by atoms with Crippen LogP contribution in [0.3, 0.4) is 0 Å². The number of nitrogens with zero attached hydrogens (tertiary/aromatic N) is 5. The minimum absolute atomic E-state index is 0.155. The number of likely N-dealkylation sites (tertiary alicyclic amines) is 1. The van der Waals surface area contributed by atoms with Crippen LogP contribution < -0.4 is 9.64 Å².